The molecule has 0 aliphatic rings. The fourth-order valence-electron chi connectivity index (χ4n) is 1.94. The number of halogens is 2. The van der Waals surface area contributed by atoms with Gasteiger partial charge in [0.05, 0.1) is 15.7 Å². The third-order valence-corrected chi connectivity index (χ3v) is 5.50. The monoisotopic (exact) mass is 401 g/mol. The van der Waals surface area contributed by atoms with Crippen LogP contribution in [-0.2, 0) is 0 Å². The van der Waals surface area contributed by atoms with Gasteiger partial charge in [0.1, 0.15) is 5.03 Å². The minimum absolute atomic E-state index is 0.132. The van der Waals surface area contributed by atoms with Gasteiger partial charge in [-0.3, -0.25) is 0 Å². The third kappa shape index (κ3) is 3.86. The predicted octanol–water partition coefficient (Wildman–Crippen LogP) is 5.07. The van der Waals surface area contributed by atoms with Crippen LogP contribution in [0.1, 0.15) is 19.4 Å². The summed E-state index contributed by atoms with van der Waals surface area (Å²) >= 11 is 11.1. The van der Waals surface area contributed by atoms with E-state index >= 15 is 0 Å². The fourth-order valence-corrected chi connectivity index (χ4v) is 3.58. The van der Waals surface area contributed by atoms with Crippen LogP contribution in [-0.4, -0.2) is 33.8 Å². The molecule has 0 saturated heterocycles. The Morgan fingerprint density at radius 1 is 1.41 bits per heavy atom. The highest BCUT2D eigenvalue weighted by atomic mass is 79.9. The Hall–Kier alpha value is -0.980. The first-order chi connectivity index (χ1) is 10.5. The molecule has 2 aromatic rings. The molecule has 0 fully saturated rings. The molecule has 1 amide bonds. The standard InChI is InChI=1S/C15H17BrClN3OS/c1-4-19(5-2)15(21)20-9-11(16)14(18-20)22-13-7-6-10(3)8-12(13)17/h6-9H,4-5H2,1-3H3. The first-order valence-electron chi connectivity index (χ1n) is 6.94. The average molecular weight is 403 g/mol. The first kappa shape index (κ1) is 17.4. The van der Waals surface area contributed by atoms with E-state index in [1.54, 1.807) is 11.1 Å². The maximum atomic E-state index is 12.3. The van der Waals surface area contributed by atoms with Gasteiger partial charge in [-0.1, -0.05) is 29.4 Å². The quantitative estimate of drug-likeness (QED) is 0.716. The molecule has 1 aromatic carbocycles. The number of hydrogen-bond acceptors (Lipinski definition) is 3. The van der Waals surface area contributed by atoms with Crippen LogP contribution in [0.3, 0.4) is 0 Å². The van der Waals surface area contributed by atoms with Gasteiger partial charge in [0.25, 0.3) is 0 Å². The number of rotatable bonds is 4. The summed E-state index contributed by atoms with van der Waals surface area (Å²) in [5.74, 6) is 0. The Morgan fingerprint density at radius 2 is 2.09 bits per heavy atom. The van der Waals surface area contributed by atoms with Crippen LogP contribution in [0.4, 0.5) is 4.79 Å². The second-order valence-corrected chi connectivity index (χ2v) is 7.01. The lowest BCUT2D eigenvalue weighted by atomic mass is 10.2. The molecule has 1 aromatic heterocycles. The van der Waals surface area contributed by atoms with Gasteiger partial charge in [-0.15, -0.1) is 0 Å². The number of aryl methyl sites for hydroxylation is 1. The summed E-state index contributed by atoms with van der Waals surface area (Å²) in [6, 6.07) is 5.74. The van der Waals surface area contributed by atoms with Crippen LogP contribution in [0.2, 0.25) is 5.02 Å². The van der Waals surface area contributed by atoms with Crippen LogP contribution in [0.5, 0.6) is 0 Å². The molecule has 0 saturated carbocycles. The second kappa shape index (κ2) is 7.53. The molecule has 0 atom stereocenters. The summed E-state index contributed by atoms with van der Waals surface area (Å²) in [5.41, 5.74) is 1.11. The summed E-state index contributed by atoms with van der Waals surface area (Å²) in [6.45, 7) is 7.19. The summed E-state index contributed by atoms with van der Waals surface area (Å²) in [5, 5.41) is 5.76. The van der Waals surface area contributed by atoms with Gasteiger partial charge in [-0.05, 0) is 54.4 Å². The predicted molar refractivity (Wildman–Crippen MR) is 94.0 cm³/mol. The number of nitrogens with zero attached hydrogens (tertiary/aromatic N) is 3. The molecule has 0 radical (unpaired) electrons. The van der Waals surface area contributed by atoms with Crippen molar-refractivity contribution in [2.24, 2.45) is 0 Å². The zero-order valence-corrected chi connectivity index (χ0v) is 15.8. The van der Waals surface area contributed by atoms with Crippen LogP contribution in [0, 0.1) is 6.92 Å². The molecule has 118 valence electrons. The first-order valence-corrected chi connectivity index (χ1v) is 8.93. The molecule has 0 bridgehead atoms. The highest BCUT2D eigenvalue weighted by molar-refractivity contribution is 9.10. The van der Waals surface area contributed by atoms with Gasteiger partial charge in [0.15, 0.2) is 0 Å². The molecule has 0 unspecified atom stereocenters. The van der Waals surface area contributed by atoms with Crippen molar-refractivity contribution in [2.45, 2.75) is 30.7 Å². The van der Waals surface area contributed by atoms with E-state index in [-0.39, 0.29) is 6.03 Å². The maximum absolute atomic E-state index is 12.3. The van der Waals surface area contributed by atoms with Gasteiger partial charge >= 0.3 is 6.03 Å². The van der Waals surface area contributed by atoms with Crippen LogP contribution in [0.25, 0.3) is 0 Å². The van der Waals surface area contributed by atoms with Crippen LogP contribution >= 0.6 is 39.3 Å². The number of carbonyl (C=O) groups is 1. The summed E-state index contributed by atoms with van der Waals surface area (Å²) < 4.78 is 2.14. The van der Waals surface area contributed by atoms with Crippen molar-refractivity contribution in [3.63, 3.8) is 0 Å². The molecule has 0 spiro atoms. The number of carbonyl (C=O) groups excluding carboxylic acids is 1. The summed E-state index contributed by atoms with van der Waals surface area (Å²) in [4.78, 5) is 14.9. The van der Waals surface area contributed by atoms with Crippen molar-refractivity contribution >= 4 is 45.3 Å². The third-order valence-electron chi connectivity index (χ3n) is 3.16. The van der Waals surface area contributed by atoms with Gasteiger partial charge in [-0.2, -0.15) is 9.78 Å². The molecule has 0 aliphatic heterocycles. The van der Waals surface area contributed by atoms with Gasteiger partial charge in [0.2, 0.25) is 0 Å². The molecule has 0 aliphatic carbocycles. The Morgan fingerprint density at radius 3 is 2.68 bits per heavy atom. The SMILES string of the molecule is CCN(CC)C(=O)n1cc(Br)c(Sc2ccc(C)cc2Cl)n1. The van der Waals surface area contributed by atoms with Crippen LogP contribution in [0.15, 0.2) is 38.8 Å². The topological polar surface area (TPSA) is 38.1 Å². The lowest BCUT2D eigenvalue weighted by molar-refractivity contribution is 0.201. The molecular formula is C15H17BrClN3OS. The Balaban J connectivity index is 2.25. The number of benzene rings is 1. The van der Waals surface area contributed by atoms with Crippen molar-refractivity contribution in [1.82, 2.24) is 14.7 Å². The minimum atomic E-state index is -0.132. The van der Waals surface area contributed by atoms with E-state index in [1.165, 1.54) is 16.4 Å². The van der Waals surface area contributed by atoms with E-state index in [0.29, 0.717) is 23.1 Å². The molecule has 7 heteroatoms. The Kier molecular flexibility index (Phi) is 5.94. The highest BCUT2D eigenvalue weighted by Gasteiger charge is 2.17. The van der Waals surface area contributed by atoms with E-state index in [2.05, 4.69) is 21.0 Å². The molecule has 0 N–H and O–H groups in total. The normalized spacial score (nSPS) is 10.8. The number of hydrogen-bond donors (Lipinski definition) is 0. The molecule has 22 heavy (non-hydrogen) atoms. The van der Waals surface area contributed by atoms with Crippen molar-refractivity contribution in [3.8, 4) is 0 Å². The lowest BCUT2D eigenvalue weighted by Gasteiger charge is -2.17. The van der Waals surface area contributed by atoms with E-state index in [4.69, 9.17) is 11.6 Å². The highest BCUT2D eigenvalue weighted by Crippen LogP contribution is 2.36. The van der Waals surface area contributed by atoms with E-state index in [9.17, 15) is 4.79 Å². The molecular weight excluding hydrogens is 386 g/mol. The average Bonchev–Trinajstić information content (AvgIpc) is 2.84. The smallest absolute Gasteiger partial charge is 0.323 e. The van der Waals surface area contributed by atoms with Gasteiger partial charge in [0, 0.05) is 18.0 Å². The fraction of sp³-hybridized carbons (Fsp3) is 0.333. The minimum Gasteiger partial charge on any atom is -0.323 e. The molecule has 4 nitrogen and oxygen atoms in total. The molecule has 2 rings (SSSR count). The number of amides is 1. The van der Waals surface area contributed by atoms with E-state index in [1.807, 2.05) is 39.0 Å². The van der Waals surface area contributed by atoms with Crippen molar-refractivity contribution in [1.29, 1.82) is 0 Å². The Bertz CT molecular complexity index is 685. The zero-order chi connectivity index (χ0) is 16.3. The van der Waals surface area contributed by atoms with Crippen molar-refractivity contribution in [2.75, 3.05) is 13.1 Å². The van der Waals surface area contributed by atoms with Crippen molar-refractivity contribution in [3.05, 3.63) is 39.5 Å². The zero-order valence-electron chi connectivity index (χ0n) is 12.6. The molecule has 1 heterocycles. The van der Waals surface area contributed by atoms with Gasteiger partial charge < -0.3 is 4.90 Å². The second-order valence-electron chi connectivity index (χ2n) is 4.72. The van der Waals surface area contributed by atoms with E-state index in [0.717, 1.165) is 14.9 Å². The van der Waals surface area contributed by atoms with Crippen molar-refractivity contribution < 1.29 is 4.79 Å². The summed E-state index contributed by atoms with van der Waals surface area (Å²) in [6.07, 6.45) is 1.69. The Labute approximate surface area is 148 Å². The lowest BCUT2D eigenvalue weighted by Crippen LogP contribution is -2.34. The number of aromatic nitrogens is 2. The largest absolute Gasteiger partial charge is 0.344 e. The van der Waals surface area contributed by atoms with Crippen LogP contribution < -0.4 is 0 Å². The maximum Gasteiger partial charge on any atom is 0.344 e. The van der Waals surface area contributed by atoms with Gasteiger partial charge in [-0.25, -0.2) is 4.79 Å². The van der Waals surface area contributed by atoms with E-state index < -0.39 is 0 Å². The summed E-state index contributed by atoms with van der Waals surface area (Å²) in [7, 11) is 0.